The molecule has 112 valence electrons. The monoisotopic (exact) mass is 307 g/mol. The molecule has 2 aromatic heterocycles. The number of aryl methyl sites for hydroxylation is 1. The first-order valence-electron chi connectivity index (χ1n) is 7.05. The number of aromatic nitrogens is 2. The van der Waals surface area contributed by atoms with Gasteiger partial charge in [-0.15, -0.1) is 0 Å². The maximum absolute atomic E-state index is 11.8. The number of thiophene rings is 1. The number of nitrogens with zero attached hydrogens (tertiary/aromatic N) is 2. The van der Waals surface area contributed by atoms with Crippen LogP contribution in [0.25, 0.3) is 11.4 Å². The molecule has 2 aromatic rings. The van der Waals surface area contributed by atoms with Crippen LogP contribution in [-0.2, 0) is 16.0 Å². The number of hydrogen-bond donors (Lipinski definition) is 1. The summed E-state index contributed by atoms with van der Waals surface area (Å²) in [5, 5.41) is 10.7. The molecule has 0 aliphatic carbocycles. The van der Waals surface area contributed by atoms with Gasteiger partial charge in [0.05, 0.1) is 6.10 Å². The fourth-order valence-corrected chi connectivity index (χ4v) is 2.84. The number of amides is 1. The zero-order valence-electron chi connectivity index (χ0n) is 11.6. The van der Waals surface area contributed by atoms with Crippen molar-refractivity contribution < 1.29 is 14.1 Å². The summed E-state index contributed by atoms with van der Waals surface area (Å²) in [4.78, 5) is 16.0. The fraction of sp³-hybridized carbons (Fsp3) is 0.500. The second kappa shape index (κ2) is 6.82. The Morgan fingerprint density at radius 3 is 3.24 bits per heavy atom. The number of ether oxygens (including phenoxy) is 1. The van der Waals surface area contributed by atoms with E-state index in [0.717, 1.165) is 25.0 Å². The van der Waals surface area contributed by atoms with Gasteiger partial charge in [0.1, 0.15) is 0 Å². The lowest BCUT2D eigenvalue weighted by Crippen LogP contribution is -2.31. The van der Waals surface area contributed by atoms with E-state index in [1.165, 1.54) is 0 Å². The van der Waals surface area contributed by atoms with Crippen LogP contribution >= 0.6 is 11.3 Å². The summed E-state index contributed by atoms with van der Waals surface area (Å²) in [5.74, 6) is 1.05. The second-order valence-electron chi connectivity index (χ2n) is 4.96. The van der Waals surface area contributed by atoms with Gasteiger partial charge in [-0.25, -0.2) is 0 Å². The number of nitrogens with one attached hydrogen (secondary N) is 1. The minimum atomic E-state index is -0.0132. The van der Waals surface area contributed by atoms with Gasteiger partial charge in [-0.3, -0.25) is 4.79 Å². The molecule has 1 aliphatic rings. The van der Waals surface area contributed by atoms with Gasteiger partial charge >= 0.3 is 0 Å². The van der Waals surface area contributed by atoms with Crippen molar-refractivity contribution in [3.8, 4) is 11.4 Å². The summed E-state index contributed by atoms with van der Waals surface area (Å²) in [6.45, 7) is 1.39. The molecule has 0 saturated carbocycles. The van der Waals surface area contributed by atoms with Crippen molar-refractivity contribution in [2.75, 3.05) is 13.2 Å². The van der Waals surface area contributed by atoms with Gasteiger partial charge in [0.15, 0.2) is 0 Å². The molecule has 0 aromatic carbocycles. The Labute approximate surface area is 126 Å². The molecule has 0 radical (unpaired) electrons. The maximum Gasteiger partial charge on any atom is 0.227 e. The van der Waals surface area contributed by atoms with Crippen LogP contribution in [0.1, 0.15) is 25.2 Å². The van der Waals surface area contributed by atoms with E-state index in [4.69, 9.17) is 9.26 Å². The summed E-state index contributed by atoms with van der Waals surface area (Å²) in [6, 6.07) is 1.94. The van der Waals surface area contributed by atoms with Crippen molar-refractivity contribution in [1.82, 2.24) is 15.5 Å². The van der Waals surface area contributed by atoms with Crippen LogP contribution in [-0.4, -0.2) is 35.3 Å². The van der Waals surface area contributed by atoms with Crippen LogP contribution in [0.2, 0.25) is 0 Å². The van der Waals surface area contributed by atoms with E-state index in [2.05, 4.69) is 15.5 Å². The molecule has 6 nitrogen and oxygen atoms in total. The Morgan fingerprint density at radius 1 is 1.52 bits per heavy atom. The Hall–Kier alpha value is -1.73. The molecule has 1 aliphatic heterocycles. The largest absolute Gasteiger partial charge is 0.376 e. The van der Waals surface area contributed by atoms with Gasteiger partial charge in [0.25, 0.3) is 0 Å². The summed E-state index contributed by atoms with van der Waals surface area (Å²) in [6.07, 6.45) is 3.07. The van der Waals surface area contributed by atoms with Crippen LogP contribution in [0, 0.1) is 0 Å². The van der Waals surface area contributed by atoms with Crippen molar-refractivity contribution in [3.63, 3.8) is 0 Å². The number of rotatable bonds is 6. The van der Waals surface area contributed by atoms with Gasteiger partial charge in [-0.05, 0) is 24.3 Å². The van der Waals surface area contributed by atoms with Crippen LogP contribution < -0.4 is 5.32 Å². The number of hydrogen-bond acceptors (Lipinski definition) is 6. The lowest BCUT2D eigenvalue weighted by Gasteiger charge is -2.09. The normalized spacial score (nSPS) is 18.0. The molecule has 21 heavy (non-hydrogen) atoms. The number of carbonyl (C=O) groups is 1. The van der Waals surface area contributed by atoms with Crippen molar-refractivity contribution >= 4 is 17.2 Å². The Morgan fingerprint density at radius 2 is 2.48 bits per heavy atom. The van der Waals surface area contributed by atoms with E-state index >= 15 is 0 Å². The average molecular weight is 307 g/mol. The minimum Gasteiger partial charge on any atom is -0.376 e. The summed E-state index contributed by atoms with van der Waals surface area (Å²) >= 11 is 1.58. The van der Waals surface area contributed by atoms with Crippen LogP contribution in [0.4, 0.5) is 0 Å². The van der Waals surface area contributed by atoms with Crippen molar-refractivity contribution in [2.24, 2.45) is 0 Å². The standard InChI is InChI=1S/C14H17N3O3S/c18-12(15-8-11-2-1-6-19-11)3-4-13-16-14(17-20-13)10-5-7-21-9-10/h5,7,9,11H,1-4,6,8H2,(H,15,18)/t11-/m1/s1. The lowest BCUT2D eigenvalue weighted by atomic mass is 10.2. The molecule has 3 heterocycles. The van der Waals surface area contributed by atoms with Crippen LogP contribution in [0.3, 0.4) is 0 Å². The quantitative estimate of drug-likeness (QED) is 0.883. The highest BCUT2D eigenvalue weighted by Gasteiger charge is 2.16. The molecule has 1 amide bonds. The topological polar surface area (TPSA) is 77.2 Å². The molecule has 1 atom stereocenters. The molecular formula is C14H17N3O3S. The van der Waals surface area contributed by atoms with E-state index in [1.807, 2.05) is 16.8 Å². The van der Waals surface area contributed by atoms with E-state index in [-0.39, 0.29) is 12.0 Å². The molecule has 1 fully saturated rings. The predicted molar refractivity (Wildman–Crippen MR) is 77.9 cm³/mol. The third-order valence-electron chi connectivity index (χ3n) is 3.36. The summed E-state index contributed by atoms with van der Waals surface area (Å²) in [7, 11) is 0. The Bertz CT molecular complexity index is 576. The zero-order valence-corrected chi connectivity index (χ0v) is 12.4. The SMILES string of the molecule is O=C(CCc1nc(-c2ccsc2)no1)NC[C@H]1CCCO1. The number of carbonyl (C=O) groups excluding carboxylic acids is 1. The van der Waals surface area contributed by atoms with E-state index in [9.17, 15) is 4.79 Å². The van der Waals surface area contributed by atoms with Gasteiger partial charge in [-0.2, -0.15) is 16.3 Å². The van der Waals surface area contributed by atoms with E-state index in [0.29, 0.717) is 31.1 Å². The van der Waals surface area contributed by atoms with Gasteiger partial charge in [0.2, 0.25) is 17.6 Å². The fourth-order valence-electron chi connectivity index (χ4n) is 2.21. The highest BCUT2D eigenvalue weighted by Crippen LogP contribution is 2.19. The first-order valence-corrected chi connectivity index (χ1v) is 7.99. The van der Waals surface area contributed by atoms with Gasteiger partial charge in [-0.1, -0.05) is 5.16 Å². The molecule has 0 bridgehead atoms. The molecule has 1 N–H and O–H groups in total. The predicted octanol–water partition coefficient (Wildman–Crippen LogP) is 2.03. The van der Waals surface area contributed by atoms with Crippen molar-refractivity contribution in [1.29, 1.82) is 0 Å². The summed E-state index contributed by atoms with van der Waals surface area (Å²) in [5.41, 5.74) is 0.942. The first-order chi connectivity index (χ1) is 10.3. The van der Waals surface area contributed by atoms with E-state index < -0.39 is 0 Å². The second-order valence-corrected chi connectivity index (χ2v) is 5.74. The smallest absolute Gasteiger partial charge is 0.227 e. The Balaban J connectivity index is 1.43. The summed E-state index contributed by atoms with van der Waals surface area (Å²) < 4.78 is 10.6. The molecule has 0 spiro atoms. The third-order valence-corrected chi connectivity index (χ3v) is 4.05. The Kier molecular flexibility index (Phi) is 4.62. The first kappa shape index (κ1) is 14.2. The van der Waals surface area contributed by atoms with Gasteiger partial charge < -0.3 is 14.6 Å². The van der Waals surface area contributed by atoms with Crippen molar-refractivity contribution in [3.05, 3.63) is 22.7 Å². The van der Waals surface area contributed by atoms with Crippen LogP contribution in [0.15, 0.2) is 21.3 Å². The molecule has 1 saturated heterocycles. The van der Waals surface area contributed by atoms with E-state index in [1.54, 1.807) is 11.3 Å². The van der Waals surface area contributed by atoms with Gasteiger partial charge in [0, 0.05) is 36.9 Å². The molecule has 7 heteroatoms. The lowest BCUT2D eigenvalue weighted by molar-refractivity contribution is -0.121. The minimum absolute atomic E-state index is 0.0132. The molecular weight excluding hydrogens is 290 g/mol. The highest BCUT2D eigenvalue weighted by atomic mass is 32.1. The third kappa shape index (κ3) is 3.89. The maximum atomic E-state index is 11.8. The average Bonchev–Trinajstić information content (AvgIpc) is 3.24. The zero-order chi connectivity index (χ0) is 14.5. The van der Waals surface area contributed by atoms with Crippen LogP contribution in [0.5, 0.6) is 0 Å². The molecule has 3 rings (SSSR count). The van der Waals surface area contributed by atoms with Crippen molar-refractivity contribution in [2.45, 2.75) is 31.8 Å². The highest BCUT2D eigenvalue weighted by molar-refractivity contribution is 7.08. The molecule has 0 unspecified atom stereocenters.